The molecule has 28 heavy (non-hydrogen) atoms. The number of amides is 1. The van der Waals surface area contributed by atoms with Gasteiger partial charge in [0.15, 0.2) is 5.13 Å². The van der Waals surface area contributed by atoms with Crippen LogP contribution >= 0.6 is 23.1 Å². The van der Waals surface area contributed by atoms with Gasteiger partial charge in [0.05, 0.1) is 27.2 Å². The Hall–Kier alpha value is -3.28. The van der Waals surface area contributed by atoms with Gasteiger partial charge in [-0.05, 0) is 36.4 Å². The molecular formula is C20H13N5OS2. The first-order valence-electron chi connectivity index (χ1n) is 8.33. The van der Waals surface area contributed by atoms with Crippen LogP contribution in [0.5, 0.6) is 0 Å². The molecule has 0 fully saturated rings. The quantitative estimate of drug-likeness (QED) is 0.498. The Morgan fingerprint density at radius 1 is 1.11 bits per heavy atom. The Labute approximate surface area is 169 Å². The van der Waals surface area contributed by atoms with Crippen LogP contribution in [-0.2, 0) is 4.79 Å². The van der Waals surface area contributed by atoms with Crippen LogP contribution in [0.15, 0.2) is 66.0 Å². The third-order valence-electron chi connectivity index (χ3n) is 3.84. The summed E-state index contributed by atoms with van der Waals surface area (Å²) in [6, 6.07) is 17.1. The lowest BCUT2D eigenvalue weighted by Gasteiger charge is -2.06. The maximum absolute atomic E-state index is 12.3. The summed E-state index contributed by atoms with van der Waals surface area (Å²) in [5.41, 5.74) is 2.93. The fourth-order valence-corrected chi connectivity index (χ4v) is 4.19. The Morgan fingerprint density at radius 2 is 1.93 bits per heavy atom. The third kappa shape index (κ3) is 4.01. The van der Waals surface area contributed by atoms with Crippen molar-refractivity contribution in [1.29, 1.82) is 5.26 Å². The molecule has 136 valence electrons. The average Bonchev–Trinajstić information content (AvgIpc) is 3.15. The van der Waals surface area contributed by atoms with Crippen molar-refractivity contribution >= 4 is 44.4 Å². The first kappa shape index (κ1) is 18.1. The maximum Gasteiger partial charge on any atom is 0.236 e. The number of thioether (sulfide) groups is 1. The number of fused-ring (bicyclic) bond motifs is 1. The van der Waals surface area contributed by atoms with Crippen molar-refractivity contribution in [2.45, 2.75) is 5.03 Å². The summed E-state index contributed by atoms with van der Waals surface area (Å²) in [5, 5.41) is 13.2. The van der Waals surface area contributed by atoms with E-state index in [1.807, 2.05) is 36.4 Å². The van der Waals surface area contributed by atoms with Gasteiger partial charge in [-0.3, -0.25) is 9.78 Å². The van der Waals surface area contributed by atoms with Crippen molar-refractivity contribution < 1.29 is 4.79 Å². The normalized spacial score (nSPS) is 10.5. The number of hydrogen-bond donors (Lipinski definition) is 1. The second-order valence-electron chi connectivity index (χ2n) is 5.72. The van der Waals surface area contributed by atoms with Gasteiger partial charge in [-0.2, -0.15) is 5.26 Å². The molecule has 0 bridgehead atoms. The number of nitrogens with one attached hydrogen (secondary N) is 1. The average molecular weight is 403 g/mol. The number of anilines is 1. The highest BCUT2D eigenvalue weighted by Gasteiger charge is 2.12. The monoisotopic (exact) mass is 403 g/mol. The minimum absolute atomic E-state index is 0.136. The van der Waals surface area contributed by atoms with Gasteiger partial charge in [-0.15, -0.1) is 0 Å². The van der Waals surface area contributed by atoms with E-state index >= 15 is 0 Å². The molecule has 3 heterocycles. The number of nitriles is 1. The zero-order chi connectivity index (χ0) is 19.3. The summed E-state index contributed by atoms with van der Waals surface area (Å²) in [7, 11) is 0. The molecule has 4 aromatic rings. The molecule has 0 aliphatic carbocycles. The minimum atomic E-state index is -0.191. The third-order valence-corrected chi connectivity index (χ3v) is 5.78. The lowest BCUT2D eigenvalue weighted by atomic mass is 10.1. The van der Waals surface area contributed by atoms with Crippen LogP contribution in [0.1, 0.15) is 5.56 Å². The van der Waals surface area contributed by atoms with Crippen LogP contribution in [0.2, 0.25) is 0 Å². The second kappa shape index (κ2) is 8.17. The highest BCUT2D eigenvalue weighted by molar-refractivity contribution is 8.00. The summed E-state index contributed by atoms with van der Waals surface area (Å²) < 4.78 is 1.02. The van der Waals surface area contributed by atoms with E-state index in [1.54, 1.807) is 24.5 Å². The van der Waals surface area contributed by atoms with Gasteiger partial charge in [0.25, 0.3) is 0 Å². The van der Waals surface area contributed by atoms with Crippen molar-refractivity contribution in [3.63, 3.8) is 0 Å². The highest BCUT2D eigenvalue weighted by Crippen LogP contribution is 2.27. The highest BCUT2D eigenvalue weighted by atomic mass is 32.2. The summed E-state index contributed by atoms with van der Waals surface area (Å²) in [5.74, 6) is -0.0544. The fraction of sp³-hybridized carbons (Fsp3) is 0.0500. The molecular weight excluding hydrogens is 390 g/mol. The van der Waals surface area contributed by atoms with Crippen LogP contribution in [0.4, 0.5) is 5.13 Å². The van der Waals surface area contributed by atoms with Gasteiger partial charge in [0.2, 0.25) is 5.91 Å². The number of pyridine rings is 2. The standard InChI is InChI=1S/C20H13N5OS2/c21-11-14-5-6-15(13-7-9-22-10-8-13)23-19(14)27-12-18(26)25-20-24-16-3-1-2-4-17(16)28-20/h1-10H,12H2,(H,24,25,26). The topological polar surface area (TPSA) is 91.6 Å². The number of aromatic nitrogens is 3. The van der Waals surface area contributed by atoms with E-state index in [2.05, 4.69) is 26.3 Å². The van der Waals surface area contributed by atoms with Crippen molar-refractivity contribution in [1.82, 2.24) is 15.0 Å². The van der Waals surface area contributed by atoms with Crippen LogP contribution in [-0.4, -0.2) is 26.6 Å². The van der Waals surface area contributed by atoms with Crippen LogP contribution < -0.4 is 5.32 Å². The molecule has 3 aromatic heterocycles. The molecule has 1 N–H and O–H groups in total. The van der Waals surface area contributed by atoms with E-state index in [0.29, 0.717) is 15.7 Å². The van der Waals surface area contributed by atoms with E-state index < -0.39 is 0 Å². The molecule has 1 aromatic carbocycles. The molecule has 6 nitrogen and oxygen atoms in total. The van der Waals surface area contributed by atoms with Crippen LogP contribution in [0.25, 0.3) is 21.5 Å². The Bertz CT molecular complexity index is 1150. The molecule has 8 heteroatoms. The molecule has 0 atom stereocenters. The molecule has 1 amide bonds. The SMILES string of the molecule is N#Cc1ccc(-c2ccncc2)nc1SCC(=O)Nc1nc2ccccc2s1. The Balaban J connectivity index is 1.47. The number of para-hydroxylation sites is 1. The predicted octanol–water partition coefficient (Wildman–Crippen LogP) is 4.36. The van der Waals surface area contributed by atoms with Crippen molar-refractivity contribution in [3.05, 3.63) is 66.5 Å². The lowest BCUT2D eigenvalue weighted by molar-refractivity contribution is -0.113. The number of hydrogen-bond acceptors (Lipinski definition) is 7. The molecule has 0 unspecified atom stereocenters. The summed E-state index contributed by atoms with van der Waals surface area (Å²) in [6.07, 6.45) is 3.38. The van der Waals surface area contributed by atoms with Gasteiger partial charge in [-0.25, -0.2) is 9.97 Å². The first-order valence-corrected chi connectivity index (χ1v) is 10.1. The smallest absolute Gasteiger partial charge is 0.236 e. The summed E-state index contributed by atoms with van der Waals surface area (Å²) in [4.78, 5) is 25.3. The number of nitrogens with zero attached hydrogens (tertiary/aromatic N) is 4. The maximum atomic E-state index is 12.3. The van der Waals surface area contributed by atoms with Crippen LogP contribution in [0.3, 0.4) is 0 Å². The van der Waals surface area contributed by atoms with Crippen molar-refractivity contribution in [3.8, 4) is 17.3 Å². The molecule has 0 aliphatic heterocycles. The second-order valence-corrected chi connectivity index (χ2v) is 7.72. The van der Waals surface area contributed by atoms with E-state index in [1.165, 1.54) is 23.1 Å². The summed E-state index contributed by atoms with van der Waals surface area (Å²) >= 11 is 2.66. The van der Waals surface area contributed by atoms with Crippen molar-refractivity contribution in [2.75, 3.05) is 11.1 Å². The number of thiazole rings is 1. The fourth-order valence-electron chi connectivity index (χ4n) is 2.53. The van der Waals surface area contributed by atoms with Gasteiger partial charge in [-0.1, -0.05) is 35.2 Å². The van der Waals surface area contributed by atoms with Gasteiger partial charge in [0.1, 0.15) is 11.1 Å². The first-order chi connectivity index (χ1) is 13.7. The van der Waals surface area contributed by atoms with Gasteiger partial charge in [0, 0.05) is 18.0 Å². The molecule has 0 saturated carbocycles. The molecule has 4 rings (SSSR count). The van der Waals surface area contributed by atoms with Gasteiger partial charge < -0.3 is 5.32 Å². The number of carbonyl (C=O) groups is 1. The van der Waals surface area contributed by atoms with E-state index in [-0.39, 0.29) is 11.7 Å². The lowest BCUT2D eigenvalue weighted by Crippen LogP contribution is -2.14. The zero-order valence-corrected chi connectivity index (χ0v) is 16.1. The zero-order valence-electron chi connectivity index (χ0n) is 14.5. The minimum Gasteiger partial charge on any atom is -0.301 e. The largest absolute Gasteiger partial charge is 0.301 e. The van der Waals surface area contributed by atoms with E-state index in [0.717, 1.165) is 21.5 Å². The number of benzene rings is 1. The molecule has 0 radical (unpaired) electrons. The van der Waals surface area contributed by atoms with Gasteiger partial charge >= 0.3 is 0 Å². The summed E-state index contributed by atoms with van der Waals surface area (Å²) in [6.45, 7) is 0. The molecule has 0 saturated heterocycles. The van der Waals surface area contributed by atoms with Crippen LogP contribution in [0, 0.1) is 11.3 Å². The molecule has 0 spiro atoms. The van der Waals surface area contributed by atoms with E-state index in [4.69, 9.17) is 0 Å². The predicted molar refractivity (Wildman–Crippen MR) is 111 cm³/mol. The Kier molecular flexibility index (Phi) is 5.28. The number of rotatable bonds is 5. The Morgan fingerprint density at radius 3 is 2.71 bits per heavy atom. The molecule has 0 aliphatic rings. The van der Waals surface area contributed by atoms with Crippen molar-refractivity contribution in [2.24, 2.45) is 0 Å². The number of carbonyl (C=O) groups excluding carboxylic acids is 1. The van der Waals surface area contributed by atoms with E-state index in [9.17, 15) is 10.1 Å².